The van der Waals surface area contributed by atoms with Crippen LogP contribution in [0, 0.1) is 11.3 Å². The number of nitrogens with zero attached hydrogens (tertiary/aromatic N) is 2. The fraction of sp³-hybridized carbons (Fsp3) is 0.115. The number of benzene rings is 2. The van der Waals surface area contributed by atoms with E-state index in [0.717, 1.165) is 5.56 Å². The maximum absolute atomic E-state index is 12.4. The van der Waals surface area contributed by atoms with Gasteiger partial charge in [-0.05, 0) is 54.1 Å². The van der Waals surface area contributed by atoms with Gasteiger partial charge in [0.05, 0.1) is 37.7 Å². The van der Waals surface area contributed by atoms with Gasteiger partial charge in [0.15, 0.2) is 11.5 Å². The molecule has 0 radical (unpaired) electrons. The number of ether oxygens (including phenoxy) is 4. The molecule has 0 saturated heterocycles. The highest BCUT2D eigenvalue weighted by molar-refractivity contribution is 5.88. The van der Waals surface area contributed by atoms with E-state index in [1.165, 1.54) is 19.4 Å². The van der Waals surface area contributed by atoms with Crippen LogP contribution in [0.4, 0.5) is 0 Å². The first-order valence-electron chi connectivity index (χ1n) is 10.8. The van der Waals surface area contributed by atoms with E-state index in [2.05, 4.69) is 16.3 Å². The number of H-pyrrole nitrogens is 1. The summed E-state index contributed by atoms with van der Waals surface area (Å²) in [6.07, 6.45) is 1.38. The van der Waals surface area contributed by atoms with Gasteiger partial charge in [-0.1, -0.05) is 6.07 Å². The van der Waals surface area contributed by atoms with Gasteiger partial charge in [-0.2, -0.15) is 5.26 Å². The largest absolute Gasteiger partial charge is 0.497 e. The third-order valence-electron chi connectivity index (χ3n) is 5.76. The van der Waals surface area contributed by atoms with Crippen LogP contribution >= 0.6 is 0 Å². The third kappa shape index (κ3) is 3.88. The van der Waals surface area contributed by atoms with E-state index < -0.39 is 11.9 Å². The number of nitrogens with two attached hydrogens (primary N) is 1. The molecule has 36 heavy (non-hydrogen) atoms. The van der Waals surface area contributed by atoms with Crippen molar-refractivity contribution in [2.75, 3.05) is 14.2 Å². The van der Waals surface area contributed by atoms with Crippen LogP contribution in [-0.4, -0.2) is 30.4 Å². The minimum atomic E-state index is -0.669. The zero-order valence-corrected chi connectivity index (χ0v) is 19.3. The number of carbonyl (C=O) groups excluding carboxylic acids is 1. The van der Waals surface area contributed by atoms with Crippen LogP contribution in [0.1, 0.15) is 27.6 Å². The van der Waals surface area contributed by atoms with Crippen molar-refractivity contribution in [2.24, 2.45) is 5.73 Å². The fourth-order valence-electron chi connectivity index (χ4n) is 4.05. The van der Waals surface area contributed by atoms with Crippen molar-refractivity contribution < 1.29 is 28.2 Å². The lowest BCUT2D eigenvalue weighted by Crippen LogP contribution is -2.21. The molecular weight excluding hydrogens is 464 g/mol. The Morgan fingerprint density at radius 1 is 1.11 bits per heavy atom. The highest BCUT2D eigenvalue weighted by atomic mass is 16.6. The summed E-state index contributed by atoms with van der Waals surface area (Å²) in [5, 5.41) is 17.2. The quantitative estimate of drug-likeness (QED) is 0.305. The Morgan fingerprint density at radius 2 is 1.92 bits per heavy atom. The van der Waals surface area contributed by atoms with Crippen molar-refractivity contribution >= 4 is 5.97 Å². The molecule has 0 saturated carbocycles. The number of hydrogen-bond acceptors (Lipinski definition) is 9. The SMILES string of the molecule is COc1ccc(-c2[nH]nc3c2[C@@H](c2ccc(OC(=O)c4ccco4)c(OC)c2)C(C#N)=C(N)O3)cc1. The number of furan rings is 1. The van der Waals surface area contributed by atoms with E-state index in [0.29, 0.717) is 22.6 Å². The third-order valence-corrected chi connectivity index (χ3v) is 5.76. The zero-order chi connectivity index (χ0) is 25.2. The lowest BCUT2D eigenvalue weighted by atomic mass is 9.83. The number of allylic oxidation sites excluding steroid dienone is 1. The second kappa shape index (κ2) is 9.23. The summed E-state index contributed by atoms with van der Waals surface area (Å²) in [6, 6.07) is 17.6. The average molecular weight is 484 g/mol. The number of aromatic amines is 1. The van der Waals surface area contributed by atoms with E-state index in [9.17, 15) is 10.1 Å². The first-order chi connectivity index (χ1) is 17.5. The minimum Gasteiger partial charge on any atom is -0.497 e. The van der Waals surface area contributed by atoms with Crippen LogP contribution in [0.25, 0.3) is 11.3 Å². The van der Waals surface area contributed by atoms with Crippen molar-refractivity contribution in [3.05, 3.63) is 89.2 Å². The molecule has 0 unspecified atom stereocenters. The Morgan fingerprint density at radius 3 is 2.58 bits per heavy atom. The monoisotopic (exact) mass is 484 g/mol. The molecule has 2 aromatic carbocycles. The van der Waals surface area contributed by atoms with Crippen molar-refractivity contribution in [3.8, 4) is 40.5 Å². The summed E-state index contributed by atoms with van der Waals surface area (Å²) in [4.78, 5) is 12.4. The van der Waals surface area contributed by atoms with Crippen LogP contribution in [0.15, 0.2) is 76.7 Å². The molecule has 10 heteroatoms. The second-order valence-corrected chi connectivity index (χ2v) is 7.75. The molecule has 1 aliphatic heterocycles. The standard InChI is InChI=1S/C26H20N4O6/c1-32-16-8-5-14(6-9-16)23-22-21(17(13-27)24(28)36-25(22)30-29-23)15-7-10-18(20(12-15)33-2)35-26(31)19-4-3-11-34-19/h3-12,21H,28H2,1-2H3,(H,29,30)/t21-/m0/s1. The maximum atomic E-state index is 12.4. The van der Waals surface area contributed by atoms with Crippen molar-refractivity contribution in [3.63, 3.8) is 0 Å². The van der Waals surface area contributed by atoms with Crippen LogP contribution < -0.4 is 24.7 Å². The van der Waals surface area contributed by atoms with Crippen LogP contribution in [-0.2, 0) is 0 Å². The van der Waals surface area contributed by atoms with E-state index in [1.54, 1.807) is 31.4 Å². The van der Waals surface area contributed by atoms with Gasteiger partial charge < -0.3 is 29.1 Å². The van der Waals surface area contributed by atoms with Gasteiger partial charge >= 0.3 is 5.97 Å². The number of rotatable bonds is 6. The Bertz CT molecular complexity index is 1500. The van der Waals surface area contributed by atoms with Gasteiger partial charge in [-0.15, -0.1) is 5.10 Å². The zero-order valence-electron chi connectivity index (χ0n) is 19.3. The van der Waals surface area contributed by atoms with Crippen molar-refractivity contribution in [1.82, 2.24) is 10.2 Å². The molecule has 0 amide bonds. The Labute approximate surface area is 205 Å². The predicted molar refractivity (Wildman–Crippen MR) is 127 cm³/mol. The van der Waals surface area contributed by atoms with Gasteiger partial charge in [-0.25, -0.2) is 4.79 Å². The first-order valence-corrected chi connectivity index (χ1v) is 10.8. The summed E-state index contributed by atoms with van der Waals surface area (Å²) in [6.45, 7) is 0. The van der Waals surface area contributed by atoms with Crippen LogP contribution in [0.5, 0.6) is 23.1 Å². The fourth-order valence-corrected chi connectivity index (χ4v) is 4.05. The maximum Gasteiger partial charge on any atom is 0.379 e. The van der Waals surface area contributed by atoms with Crippen LogP contribution in [0.3, 0.4) is 0 Å². The molecule has 3 heterocycles. The molecule has 0 spiro atoms. The summed E-state index contributed by atoms with van der Waals surface area (Å²) in [7, 11) is 3.04. The molecule has 0 fully saturated rings. The molecule has 5 rings (SSSR count). The number of esters is 1. The molecule has 1 atom stereocenters. The molecule has 0 bridgehead atoms. The first kappa shape index (κ1) is 22.6. The van der Waals surface area contributed by atoms with Gasteiger partial charge in [0.25, 0.3) is 0 Å². The Hall–Kier alpha value is -5.17. The molecule has 2 aromatic heterocycles. The number of aromatic nitrogens is 2. The highest BCUT2D eigenvalue weighted by Gasteiger charge is 2.36. The number of methoxy groups -OCH3 is 2. The summed E-state index contributed by atoms with van der Waals surface area (Å²) in [5.74, 6) is 0.145. The molecule has 4 aromatic rings. The van der Waals surface area contributed by atoms with Gasteiger partial charge in [0.2, 0.25) is 17.5 Å². The molecule has 180 valence electrons. The Kier molecular flexibility index (Phi) is 5.80. The topological polar surface area (TPSA) is 146 Å². The van der Waals surface area contributed by atoms with Gasteiger partial charge in [0, 0.05) is 5.56 Å². The van der Waals surface area contributed by atoms with Crippen LogP contribution in [0.2, 0.25) is 0 Å². The summed E-state index contributed by atoms with van der Waals surface area (Å²) in [5.41, 5.74) is 9.06. The molecule has 0 aliphatic carbocycles. The number of nitriles is 1. The Balaban J connectivity index is 1.58. The lowest BCUT2D eigenvalue weighted by molar-refractivity contribution is 0.0696. The molecule has 1 aliphatic rings. The molecule has 10 nitrogen and oxygen atoms in total. The number of hydrogen-bond donors (Lipinski definition) is 2. The lowest BCUT2D eigenvalue weighted by Gasteiger charge is -2.24. The van der Waals surface area contributed by atoms with Crippen molar-refractivity contribution in [1.29, 1.82) is 5.26 Å². The van der Waals surface area contributed by atoms with E-state index in [4.69, 9.17) is 29.1 Å². The molecule has 3 N–H and O–H groups in total. The van der Waals surface area contributed by atoms with E-state index in [1.807, 2.05) is 24.3 Å². The van der Waals surface area contributed by atoms with Gasteiger partial charge in [-0.3, -0.25) is 5.10 Å². The molecular formula is C26H20N4O6. The van der Waals surface area contributed by atoms with E-state index >= 15 is 0 Å². The number of fused-ring (bicyclic) bond motifs is 1. The smallest absolute Gasteiger partial charge is 0.379 e. The second-order valence-electron chi connectivity index (χ2n) is 7.75. The van der Waals surface area contributed by atoms with Gasteiger partial charge in [0.1, 0.15) is 17.4 Å². The minimum absolute atomic E-state index is 0.0462. The normalized spacial score (nSPS) is 14.4. The predicted octanol–water partition coefficient (Wildman–Crippen LogP) is 4.12. The van der Waals surface area contributed by atoms with E-state index in [-0.39, 0.29) is 34.6 Å². The number of nitrogens with one attached hydrogen (secondary N) is 1. The average Bonchev–Trinajstić information content (AvgIpc) is 3.59. The summed E-state index contributed by atoms with van der Waals surface area (Å²) < 4.78 is 27.0. The number of carbonyl (C=O) groups is 1. The van der Waals surface area contributed by atoms with Crippen molar-refractivity contribution in [2.45, 2.75) is 5.92 Å². The highest BCUT2D eigenvalue weighted by Crippen LogP contribution is 2.47. The summed E-state index contributed by atoms with van der Waals surface area (Å²) >= 11 is 0.